The van der Waals surface area contributed by atoms with Gasteiger partial charge in [0.15, 0.2) is 17.5 Å². The molecule has 2 heterocycles. The number of nitrogens with one attached hydrogen (secondary N) is 2. The summed E-state index contributed by atoms with van der Waals surface area (Å²) in [7, 11) is 1.64. The number of fused-ring (bicyclic) bond motifs is 1. The van der Waals surface area contributed by atoms with E-state index in [4.69, 9.17) is 14.5 Å². The number of aliphatic imine (C=N–C) groups is 1. The Morgan fingerprint density at radius 1 is 1.21 bits per heavy atom. The zero-order valence-corrected chi connectivity index (χ0v) is 17.5. The molecule has 0 aliphatic heterocycles. The SMILES string of the molecule is CCNC(=NCCc1cn2cccc(C)c2n1)Nc1ccc(OCC)c(OC)c1. The van der Waals surface area contributed by atoms with Crippen LogP contribution < -0.4 is 20.1 Å². The molecule has 0 radical (unpaired) electrons. The van der Waals surface area contributed by atoms with E-state index in [-0.39, 0.29) is 0 Å². The van der Waals surface area contributed by atoms with Crippen molar-refractivity contribution in [1.82, 2.24) is 14.7 Å². The number of pyridine rings is 1. The number of imidazole rings is 1. The number of benzene rings is 1. The van der Waals surface area contributed by atoms with E-state index in [0.29, 0.717) is 18.9 Å². The van der Waals surface area contributed by atoms with E-state index in [0.717, 1.165) is 41.7 Å². The van der Waals surface area contributed by atoms with Crippen molar-refractivity contribution in [2.24, 2.45) is 4.99 Å². The van der Waals surface area contributed by atoms with Crippen LogP contribution in [-0.4, -0.2) is 42.2 Å². The molecule has 3 rings (SSSR count). The Kier molecular flexibility index (Phi) is 6.94. The normalized spacial score (nSPS) is 11.5. The average molecular weight is 396 g/mol. The standard InChI is InChI=1S/C22H29N5O2/c1-5-23-22(26-17-9-10-19(29-6-2)20(14-17)28-4)24-12-11-18-15-27-13-7-8-16(3)21(27)25-18/h7-10,13-15H,5-6,11-12H2,1-4H3,(H2,23,24,26). The third-order valence-corrected chi connectivity index (χ3v) is 4.44. The molecule has 2 aromatic heterocycles. The molecule has 0 aliphatic rings. The van der Waals surface area contributed by atoms with Gasteiger partial charge in [0, 0.05) is 43.7 Å². The molecule has 154 valence electrons. The second-order valence-corrected chi connectivity index (χ2v) is 6.59. The van der Waals surface area contributed by atoms with Crippen LogP contribution >= 0.6 is 0 Å². The quantitative estimate of drug-likeness (QED) is 0.450. The molecule has 0 fully saturated rings. The molecular weight excluding hydrogens is 366 g/mol. The number of anilines is 1. The van der Waals surface area contributed by atoms with Gasteiger partial charge in [0.05, 0.1) is 19.4 Å². The second kappa shape index (κ2) is 9.82. The van der Waals surface area contributed by atoms with Crippen molar-refractivity contribution in [1.29, 1.82) is 0 Å². The molecule has 29 heavy (non-hydrogen) atoms. The molecule has 0 saturated heterocycles. The first-order valence-corrected chi connectivity index (χ1v) is 9.94. The molecule has 3 aromatic rings. The third kappa shape index (κ3) is 5.19. The fourth-order valence-corrected chi connectivity index (χ4v) is 3.07. The average Bonchev–Trinajstić information content (AvgIpc) is 3.14. The fourth-order valence-electron chi connectivity index (χ4n) is 3.07. The molecule has 7 nitrogen and oxygen atoms in total. The van der Waals surface area contributed by atoms with Crippen LogP contribution in [-0.2, 0) is 6.42 Å². The van der Waals surface area contributed by atoms with Gasteiger partial charge in [0.1, 0.15) is 5.65 Å². The van der Waals surface area contributed by atoms with Crippen LogP contribution in [0.25, 0.3) is 5.65 Å². The van der Waals surface area contributed by atoms with Gasteiger partial charge in [-0.1, -0.05) is 6.07 Å². The first-order valence-electron chi connectivity index (χ1n) is 9.94. The molecule has 0 unspecified atom stereocenters. The number of nitrogens with zero attached hydrogens (tertiary/aromatic N) is 3. The van der Waals surface area contributed by atoms with Crippen LogP contribution in [0.4, 0.5) is 5.69 Å². The van der Waals surface area contributed by atoms with Crippen molar-refractivity contribution in [3.63, 3.8) is 0 Å². The van der Waals surface area contributed by atoms with Gasteiger partial charge in [-0.3, -0.25) is 4.99 Å². The second-order valence-electron chi connectivity index (χ2n) is 6.59. The molecular formula is C22H29N5O2. The highest BCUT2D eigenvalue weighted by Gasteiger charge is 2.07. The molecule has 0 bridgehead atoms. The molecule has 0 amide bonds. The summed E-state index contributed by atoms with van der Waals surface area (Å²) in [5.74, 6) is 2.14. The van der Waals surface area contributed by atoms with E-state index >= 15 is 0 Å². The largest absolute Gasteiger partial charge is 0.493 e. The lowest BCUT2D eigenvalue weighted by atomic mass is 10.2. The number of methoxy groups -OCH3 is 1. The minimum absolute atomic E-state index is 0.593. The van der Waals surface area contributed by atoms with Gasteiger partial charge in [-0.05, 0) is 44.5 Å². The van der Waals surface area contributed by atoms with E-state index in [9.17, 15) is 0 Å². The zero-order valence-electron chi connectivity index (χ0n) is 17.5. The van der Waals surface area contributed by atoms with E-state index in [1.54, 1.807) is 7.11 Å². The van der Waals surface area contributed by atoms with Crippen LogP contribution in [0.5, 0.6) is 11.5 Å². The monoisotopic (exact) mass is 395 g/mol. The maximum absolute atomic E-state index is 5.57. The zero-order chi connectivity index (χ0) is 20.6. The number of hydrogen-bond acceptors (Lipinski definition) is 4. The van der Waals surface area contributed by atoms with Gasteiger partial charge in [0.25, 0.3) is 0 Å². The summed E-state index contributed by atoms with van der Waals surface area (Å²) in [6, 6.07) is 9.86. The maximum atomic E-state index is 5.57. The van der Waals surface area contributed by atoms with Gasteiger partial charge in [-0.2, -0.15) is 0 Å². The molecule has 0 spiro atoms. The Labute approximate surface area is 171 Å². The molecule has 2 N–H and O–H groups in total. The van der Waals surface area contributed by atoms with E-state index in [1.165, 1.54) is 5.56 Å². The Bertz CT molecular complexity index is 980. The molecule has 1 aromatic carbocycles. The third-order valence-electron chi connectivity index (χ3n) is 4.44. The number of ether oxygens (including phenoxy) is 2. The van der Waals surface area contributed by atoms with Crippen LogP contribution in [0.15, 0.2) is 47.7 Å². The van der Waals surface area contributed by atoms with Crippen molar-refractivity contribution in [3.8, 4) is 11.5 Å². The van der Waals surface area contributed by atoms with Gasteiger partial charge in [-0.25, -0.2) is 4.98 Å². The predicted molar refractivity (Wildman–Crippen MR) is 117 cm³/mol. The molecule has 0 aliphatic carbocycles. The van der Waals surface area contributed by atoms with Crippen molar-refractivity contribution in [2.45, 2.75) is 27.2 Å². The number of aromatic nitrogens is 2. The lowest BCUT2D eigenvalue weighted by Gasteiger charge is -2.14. The molecule has 7 heteroatoms. The smallest absolute Gasteiger partial charge is 0.195 e. The van der Waals surface area contributed by atoms with Crippen LogP contribution in [0.1, 0.15) is 25.1 Å². The van der Waals surface area contributed by atoms with E-state index in [2.05, 4.69) is 39.2 Å². The van der Waals surface area contributed by atoms with Crippen molar-refractivity contribution in [3.05, 3.63) is 54.0 Å². The maximum Gasteiger partial charge on any atom is 0.195 e. The molecule has 0 saturated carbocycles. The number of hydrogen-bond donors (Lipinski definition) is 2. The Balaban J connectivity index is 1.68. The highest BCUT2D eigenvalue weighted by atomic mass is 16.5. The summed E-state index contributed by atoms with van der Waals surface area (Å²) < 4.78 is 13.1. The Morgan fingerprint density at radius 3 is 2.79 bits per heavy atom. The van der Waals surface area contributed by atoms with Gasteiger partial charge >= 0.3 is 0 Å². The predicted octanol–water partition coefficient (Wildman–Crippen LogP) is 3.67. The van der Waals surface area contributed by atoms with Crippen molar-refractivity contribution >= 4 is 17.3 Å². The minimum atomic E-state index is 0.593. The Hall–Kier alpha value is -3.22. The number of aryl methyl sites for hydroxylation is 1. The van der Waals surface area contributed by atoms with E-state index in [1.807, 2.05) is 44.3 Å². The summed E-state index contributed by atoms with van der Waals surface area (Å²) in [5.41, 5.74) is 4.08. The van der Waals surface area contributed by atoms with Crippen LogP contribution in [0, 0.1) is 6.92 Å². The number of rotatable bonds is 8. The lowest BCUT2D eigenvalue weighted by Crippen LogP contribution is -2.30. The summed E-state index contributed by atoms with van der Waals surface area (Å²) in [6.45, 7) is 8.06. The van der Waals surface area contributed by atoms with Crippen molar-refractivity contribution < 1.29 is 9.47 Å². The summed E-state index contributed by atoms with van der Waals surface area (Å²) in [4.78, 5) is 9.40. The van der Waals surface area contributed by atoms with Crippen LogP contribution in [0.3, 0.4) is 0 Å². The van der Waals surface area contributed by atoms with Crippen LogP contribution in [0.2, 0.25) is 0 Å². The highest BCUT2D eigenvalue weighted by molar-refractivity contribution is 5.93. The highest BCUT2D eigenvalue weighted by Crippen LogP contribution is 2.30. The lowest BCUT2D eigenvalue weighted by molar-refractivity contribution is 0.311. The van der Waals surface area contributed by atoms with Gasteiger partial charge in [-0.15, -0.1) is 0 Å². The molecule has 0 atom stereocenters. The number of guanidine groups is 1. The minimum Gasteiger partial charge on any atom is -0.493 e. The van der Waals surface area contributed by atoms with Gasteiger partial charge in [0.2, 0.25) is 0 Å². The topological polar surface area (TPSA) is 72.2 Å². The fraction of sp³-hybridized carbons (Fsp3) is 0.364. The first-order chi connectivity index (χ1) is 14.1. The van der Waals surface area contributed by atoms with Gasteiger partial charge < -0.3 is 24.5 Å². The van der Waals surface area contributed by atoms with E-state index < -0.39 is 0 Å². The summed E-state index contributed by atoms with van der Waals surface area (Å²) in [6.07, 6.45) is 4.85. The summed E-state index contributed by atoms with van der Waals surface area (Å²) >= 11 is 0. The van der Waals surface area contributed by atoms with Crippen molar-refractivity contribution in [2.75, 3.05) is 32.1 Å². The summed E-state index contributed by atoms with van der Waals surface area (Å²) in [5, 5.41) is 6.60. The Morgan fingerprint density at radius 2 is 2.07 bits per heavy atom. The first kappa shape index (κ1) is 20.5.